The van der Waals surface area contributed by atoms with Gasteiger partial charge in [0.1, 0.15) is 6.04 Å². The van der Waals surface area contributed by atoms with Crippen LogP contribution >= 0.6 is 0 Å². The number of carbonyl (C=O) groups excluding carboxylic acids is 1. The molecule has 0 aromatic carbocycles. The highest BCUT2D eigenvalue weighted by molar-refractivity contribution is 5.90. The summed E-state index contributed by atoms with van der Waals surface area (Å²) in [6, 6.07) is -1.71. The second kappa shape index (κ2) is 2.56. The molecule has 0 aliphatic carbocycles. The molecule has 0 spiro atoms. The lowest BCUT2D eigenvalue weighted by Crippen LogP contribution is -2.43. The van der Waals surface area contributed by atoms with Crippen LogP contribution in [0.25, 0.3) is 0 Å². The monoisotopic (exact) mass is 165 g/mol. The molecule has 0 saturated carbocycles. The normalized spacial score (nSPS) is 25.0. The molecule has 62 valence electrons. The first-order valence-electron chi connectivity index (χ1n) is 3.02. The third kappa shape index (κ3) is 1.96. The summed E-state index contributed by atoms with van der Waals surface area (Å²) in [7, 11) is 0. The van der Waals surface area contributed by atoms with E-state index in [4.69, 9.17) is 0 Å². The Morgan fingerprint density at radius 1 is 1.55 bits per heavy atom. The minimum absolute atomic E-state index is 0.494. The number of allylic oxidation sites excluding steroid dienone is 1. The zero-order valence-corrected chi connectivity index (χ0v) is 5.48. The van der Waals surface area contributed by atoms with Crippen molar-refractivity contribution in [2.45, 2.75) is 18.6 Å². The average molecular weight is 165 g/mol. The van der Waals surface area contributed by atoms with Crippen LogP contribution in [0.5, 0.6) is 0 Å². The van der Waals surface area contributed by atoms with E-state index in [-0.39, 0.29) is 0 Å². The molecule has 0 aromatic heterocycles. The molecular formula is C6H6F3NO. The van der Waals surface area contributed by atoms with Gasteiger partial charge >= 0.3 is 6.18 Å². The van der Waals surface area contributed by atoms with Gasteiger partial charge in [-0.3, -0.25) is 4.79 Å². The van der Waals surface area contributed by atoms with E-state index < -0.39 is 24.4 Å². The highest BCUT2D eigenvalue weighted by Crippen LogP contribution is 2.23. The van der Waals surface area contributed by atoms with Gasteiger partial charge in [-0.2, -0.15) is 13.2 Å². The molecule has 1 rings (SSSR count). The molecule has 0 saturated heterocycles. The summed E-state index contributed by atoms with van der Waals surface area (Å²) >= 11 is 0. The summed E-state index contributed by atoms with van der Waals surface area (Å²) in [6.07, 6.45) is -2.70. The maximum absolute atomic E-state index is 11.9. The number of rotatable bonds is 0. The third-order valence-corrected chi connectivity index (χ3v) is 1.37. The van der Waals surface area contributed by atoms with Crippen molar-refractivity contribution in [3.63, 3.8) is 0 Å². The number of alkyl halides is 3. The van der Waals surface area contributed by atoms with Crippen molar-refractivity contribution in [2.75, 3.05) is 0 Å². The topological polar surface area (TPSA) is 29.1 Å². The van der Waals surface area contributed by atoms with Crippen LogP contribution in [0.3, 0.4) is 0 Å². The van der Waals surface area contributed by atoms with E-state index in [1.54, 1.807) is 0 Å². The van der Waals surface area contributed by atoms with Gasteiger partial charge in [0.15, 0.2) is 5.78 Å². The van der Waals surface area contributed by atoms with Crippen molar-refractivity contribution in [3.05, 3.63) is 12.3 Å². The molecule has 0 bridgehead atoms. The highest BCUT2D eigenvalue weighted by atomic mass is 19.4. The Labute approximate surface area is 61.1 Å². The molecule has 1 N–H and O–H groups in total. The lowest BCUT2D eigenvalue weighted by Gasteiger charge is -2.21. The molecule has 1 atom stereocenters. The fourth-order valence-corrected chi connectivity index (χ4v) is 0.796. The summed E-state index contributed by atoms with van der Waals surface area (Å²) in [6.45, 7) is 0. The number of hydrogen-bond donors (Lipinski definition) is 1. The fourth-order valence-electron chi connectivity index (χ4n) is 0.796. The summed E-state index contributed by atoms with van der Waals surface area (Å²) in [5.41, 5.74) is 0. The second-order valence-electron chi connectivity index (χ2n) is 2.26. The number of carbonyl (C=O) groups is 1. The van der Waals surface area contributed by atoms with Crippen LogP contribution in [-0.2, 0) is 4.79 Å². The Morgan fingerprint density at radius 2 is 2.18 bits per heavy atom. The number of halogens is 3. The number of hydrogen-bond acceptors (Lipinski definition) is 2. The summed E-state index contributed by atoms with van der Waals surface area (Å²) in [4.78, 5) is 10.5. The zero-order valence-electron chi connectivity index (χ0n) is 5.48. The van der Waals surface area contributed by atoms with E-state index in [9.17, 15) is 18.0 Å². The van der Waals surface area contributed by atoms with Crippen LogP contribution in [0, 0.1) is 0 Å². The van der Waals surface area contributed by atoms with Crippen LogP contribution < -0.4 is 5.32 Å². The van der Waals surface area contributed by atoms with Crippen LogP contribution in [0.2, 0.25) is 0 Å². The first kappa shape index (κ1) is 8.10. The van der Waals surface area contributed by atoms with Gasteiger partial charge in [-0.1, -0.05) is 0 Å². The van der Waals surface area contributed by atoms with Gasteiger partial charge in [0.2, 0.25) is 0 Å². The van der Waals surface area contributed by atoms with Gasteiger partial charge in [0, 0.05) is 12.6 Å². The fraction of sp³-hybridized carbons (Fsp3) is 0.500. The number of nitrogens with one attached hydrogen (secondary N) is 1. The lowest BCUT2D eigenvalue weighted by atomic mass is 10.1. The van der Waals surface area contributed by atoms with Gasteiger partial charge in [-0.15, -0.1) is 0 Å². The van der Waals surface area contributed by atoms with E-state index >= 15 is 0 Å². The SMILES string of the molecule is O=C1C=CN[C@H](C(F)(F)F)C1. The largest absolute Gasteiger partial charge is 0.408 e. The van der Waals surface area contributed by atoms with Crippen molar-refractivity contribution >= 4 is 5.78 Å². The first-order chi connectivity index (χ1) is 5.00. The van der Waals surface area contributed by atoms with E-state index in [1.165, 1.54) is 0 Å². The summed E-state index contributed by atoms with van der Waals surface area (Å²) < 4.78 is 35.6. The van der Waals surface area contributed by atoms with Crippen molar-refractivity contribution in [3.8, 4) is 0 Å². The van der Waals surface area contributed by atoms with Gasteiger partial charge in [-0.25, -0.2) is 0 Å². The summed E-state index contributed by atoms with van der Waals surface area (Å²) in [5.74, 6) is -0.494. The Balaban J connectivity index is 2.64. The van der Waals surface area contributed by atoms with Gasteiger partial charge in [-0.05, 0) is 6.08 Å². The molecule has 0 aromatic rings. The smallest absolute Gasteiger partial charge is 0.379 e. The molecule has 1 heterocycles. The standard InChI is InChI=1S/C6H6F3NO/c7-6(8,9)5-3-4(11)1-2-10-5/h1-2,5,10H,3H2/t5-/m0/s1. The van der Waals surface area contributed by atoms with Crippen molar-refractivity contribution in [1.29, 1.82) is 0 Å². The van der Waals surface area contributed by atoms with E-state index in [2.05, 4.69) is 5.32 Å². The Morgan fingerprint density at radius 3 is 2.55 bits per heavy atom. The van der Waals surface area contributed by atoms with E-state index in [1.807, 2.05) is 0 Å². The highest BCUT2D eigenvalue weighted by Gasteiger charge is 2.40. The molecule has 5 heteroatoms. The van der Waals surface area contributed by atoms with Crippen LogP contribution in [0.1, 0.15) is 6.42 Å². The minimum Gasteiger partial charge on any atom is -0.379 e. The molecule has 0 fully saturated rings. The number of ketones is 1. The van der Waals surface area contributed by atoms with Gasteiger partial charge in [0.25, 0.3) is 0 Å². The molecule has 2 nitrogen and oxygen atoms in total. The molecular weight excluding hydrogens is 159 g/mol. The summed E-state index contributed by atoms with van der Waals surface area (Å²) in [5, 5.41) is 2.06. The van der Waals surface area contributed by atoms with Crippen molar-refractivity contribution < 1.29 is 18.0 Å². The molecule has 11 heavy (non-hydrogen) atoms. The maximum Gasteiger partial charge on any atom is 0.408 e. The molecule has 0 radical (unpaired) electrons. The Bertz CT molecular complexity index is 196. The average Bonchev–Trinajstić information content (AvgIpc) is 1.86. The quantitative estimate of drug-likeness (QED) is 0.580. The van der Waals surface area contributed by atoms with Crippen LogP contribution in [0.4, 0.5) is 13.2 Å². The van der Waals surface area contributed by atoms with Gasteiger partial charge < -0.3 is 5.32 Å². The van der Waals surface area contributed by atoms with Crippen LogP contribution in [0.15, 0.2) is 12.3 Å². The molecule has 1 aliphatic rings. The second-order valence-corrected chi connectivity index (χ2v) is 2.26. The predicted molar refractivity (Wildman–Crippen MR) is 31.7 cm³/mol. The first-order valence-corrected chi connectivity index (χ1v) is 3.02. The molecule has 0 unspecified atom stereocenters. The minimum atomic E-state index is -4.33. The van der Waals surface area contributed by atoms with Gasteiger partial charge in [0.05, 0.1) is 0 Å². The van der Waals surface area contributed by atoms with Crippen molar-refractivity contribution in [2.24, 2.45) is 0 Å². The maximum atomic E-state index is 11.9. The zero-order chi connectivity index (χ0) is 8.48. The third-order valence-electron chi connectivity index (χ3n) is 1.37. The molecule has 0 amide bonds. The molecule has 1 aliphatic heterocycles. The predicted octanol–water partition coefficient (Wildman–Crippen LogP) is 0.993. The van der Waals surface area contributed by atoms with Crippen molar-refractivity contribution in [1.82, 2.24) is 5.32 Å². The van der Waals surface area contributed by atoms with Crippen LogP contribution in [-0.4, -0.2) is 18.0 Å². The Kier molecular flexibility index (Phi) is 1.89. The Hall–Kier alpha value is -1.00. The van der Waals surface area contributed by atoms with E-state index in [0.29, 0.717) is 0 Å². The van der Waals surface area contributed by atoms with E-state index in [0.717, 1.165) is 12.3 Å². The lowest BCUT2D eigenvalue weighted by molar-refractivity contribution is -0.159.